The van der Waals surface area contributed by atoms with Gasteiger partial charge in [0, 0.05) is 24.3 Å². The van der Waals surface area contributed by atoms with Gasteiger partial charge in [0.2, 0.25) is 5.91 Å². The molecule has 19 heavy (non-hydrogen) atoms. The Morgan fingerprint density at radius 3 is 2.63 bits per heavy atom. The van der Waals surface area contributed by atoms with E-state index in [0.29, 0.717) is 24.3 Å². The highest BCUT2D eigenvalue weighted by Gasteiger charge is 2.44. The van der Waals surface area contributed by atoms with Crippen LogP contribution in [0.3, 0.4) is 0 Å². The van der Waals surface area contributed by atoms with Crippen molar-refractivity contribution in [2.45, 2.75) is 44.8 Å². The van der Waals surface area contributed by atoms with Gasteiger partial charge in [-0.15, -0.1) is 0 Å². The van der Waals surface area contributed by atoms with E-state index in [9.17, 15) is 4.79 Å². The number of rotatable bonds is 2. The maximum atomic E-state index is 11.8. The fourth-order valence-electron chi connectivity index (χ4n) is 3.32. The fraction of sp³-hybridized carbons (Fsp3) is 0.533. The summed E-state index contributed by atoms with van der Waals surface area (Å²) >= 11 is 0. The molecule has 2 heterocycles. The van der Waals surface area contributed by atoms with E-state index < -0.39 is 0 Å². The van der Waals surface area contributed by atoms with Crippen molar-refractivity contribution >= 4 is 5.91 Å². The number of nitrogens with one attached hydrogen (secondary N) is 3. The van der Waals surface area contributed by atoms with E-state index >= 15 is 0 Å². The summed E-state index contributed by atoms with van der Waals surface area (Å²) in [6, 6.07) is 9.09. The summed E-state index contributed by atoms with van der Waals surface area (Å²) in [5.41, 5.74) is 9.04. The SMILES string of the molecule is CCc1ccc(C2CC(=O)NC3NNC(C)C32)cc1. The zero-order valence-electron chi connectivity index (χ0n) is 11.4. The van der Waals surface area contributed by atoms with Crippen LogP contribution in [0.1, 0.15) is 37.3 Å². The largest absolute Gasteiger partial charge is 0.339 e. The van der Waals surface area contributed by atoms with Crippen LogP contribution in [0.2, 0.25) is 0 Å². The van der Waals surface area contributed by atoms with Crippen molar-refractivity contribution in [1.29, 1.82) is 0 Å². The zero-order chi connectivity index (χ0) is 13.4. The number of piperidine rings is 1. The predicted molar refractivity (Wildman–Crippen MR) is 74.3 cm³/mol. The molecule has 3 rings (SSSR count). The molecule has 0 bridgehead atoms. The molecule has 1 aromatic rings. The van der Waals surface area contributed by atoms with Crippen LogP contribution in [-0.4, -0.2) is 18.1 Å². The van der Waals surface area contributed by atoms with Crippen molar-refractivity contribution in [3.05, 3.63) is 35.4 Å². The van der Waals surface area contributed by atoms with Crippen LogP contribution in [0.5, 0.6) is 0 Å². The van der Waals surface area contributed by atoms with E-state index in [4.69, 9.17) is 0 Å². The van der Waals surface area contributed by atoms with Gasteiger partial charge in [-0.3, -0.25) is 10.2 Å². The molecular formula is C15H21N3O. The molecule has 2 saturated heterocycles. The lowest BCUT2D eigenvalue weighted by molar-refractivity contribution is -0.125. The van der Waals surface area contributed by atoms with Gasteiger partial charge in [-0.25, -0.2) is 5.43 Å². The van der Waals surface area contributed by atoms with Crippen molar-refractivity contribution in [2.75, 3.05) is 0 Å². The lowest BCUT2D eigenvalue weighted by Crippen LogP contribution is -2.52. The molecule has 0 aliphatic carbocycles. The van der Waals surface area contributed by atoms with Gasteiger partial charge in [-0.05, 0) is 24.5 Å². The van der Waals surface area contributed by atoms with Crippen LogP contribution in [0.15, 0.2) is 24.3 Å². The van der Waals surface area contributed by atoms with E-state index in [-0.39, 0.29) is 12.1 Å². The predicted octanol–water partition coefficient (Wildman–Crippen LogP) is 1.29. The Morgan fingerprint density at radius 1 is 1.21 bits per heavy atom. The molecule has 3 N–H and O–H groups in total. The lowest BCUT2D eigenvalue weighted by atomic mass is 9.76. The number of amides is 1. The third-order valence-corrected chi connectivity index (χ3v) is 4.43. The van der Waals surface area contributed by atoms with E-state index in [0.717, 1.165) is 6.42 Å². The van der Waals surface area contributed by atoms with Crippen molar-refractivity contribution in [2.24, 2.45) is 5.92 Å². The van der Waals surface area contributed by atoms with Gasteiger partial charge in [0.25, 0.3) is 0 Å². The third-order valence-electron chi connectivity index (χ3n) is 4.43. The molecule has 1 amide bonds. The third kappa shape index (κ3) is 2.26. The van der Waals surface area contributed by atoms with Crippen LogP contribution in [0, 0.1) is 5.92 Å². The summed E-state index contributed by atoms with van der Waals surface area (Å²) in [7, 11) is 0. The Labute approximate surface area is 113 Å². The molecule has 0 radical (unpaired) electrons. The highest BCUT2D eigenvalue weighted by Crippen LogP contribution is 2.37. The highest BCUT2D eigenvalue weighted by atomic mass is 16.2. The number of benzene rings is 1. The van der Waals surface area contributed by atoms with Crippen LogP contribution >= 0.6 is 0 Å². The molecule has 2 fully saturated rings. The van der Waals surface area contributed by atoms with Gasteiger partial charge in [0.15, 0.2) is 0 Å². The molecule has 4 atom stereocenters. The number of aryl methyl sites for hydroxylation is 1. The minimum Gasteiger partial charge on any atom is -0.339 e. The average Bonchev–Trinajstić information content (AvgIpc) is 2.79. The second-order valence-electron chi connectivity index (χ2n) is 5.61. The molecule has 4 nitrogen and oxygen atoms in total. The van der Waals surface area contributed by atoms with Crippen molar-refractivity contribution in [3.8, 4) is 0 Å². The van der Waals surface area contributed by atoms with Gasteiger partial charge in [-0.1, -0.05) is 31.2 Å². The quantitative estimate of drug-likeness (QED) is 0.750. The highest BCUT2D eigenvalue weighted by molar-refractivity contribution is 5.78. The molecule has 0 aromatic heterocycles. The molecule has 4 unspecified atom stereocenters. The molecule has 102 valence electrons. The maximum absolute atomic E-state index is 11.8. The number of hydrogen-bond acceptors (Lipinski definition) is 3. The first-order chi connectivity index (χ1) is 9.19. The topological polar surface area (TPSA) is 53.2 Å². The molecule has 2 aliphatic heterocycles. The lowest BCUT2D eigenvalue weighted by Gasteiger charge is -2.35. The zero-order valence-corrected chi connectivity index (χ0v) is 11.4. The number of hydrogen-bond donors (Lipinski definition) is 3. The van der Waals surface area contributed by atoms with E-state index in [1.54, 1.807) is 0 Å². The van der Waals surface area contributed by atoms with Crippen LogP contribution in [-0.2, 0) is 11.2 Å². The molecule has 2 aliphatic rings. The molecular weight excluding hydrogens is 238 g/mol. The second kappa shape index (κ2) is 4.94. The Bertz CT molecular complexity index is 471. The maximum Gasteiger partial charge on any atom is 0.221 e. The number of carbonyl (C=O) groups is 1. The number of carbonyl (C=O) groups excluding carboxylic acids is 1. The van der Waals surface area contributed by atoms with Gasteiger partial charge >= 0.3 is 0 Å². The number of hydrazine groups is 1. The normalized spacial score (nSPS) is 33.9. The Kier molecular flexibility index (Phi) is 3.29. The Balaban J connectivity index is 1.89. The summed E-state index contributed by atoms with van der Waals surface area (Å²) in [6.07, 6.45) is 1.68. The standard InChI is InChI=1S/C15H21N3O/c1-3-10-4-6-11(7-5-10)12-8-13(19)16-15-14(12)9(2)17-18-15/h4-7,9,12,14-15,17-18H,3,8H2,1-2H3,(H,16,19). The van der Waals surface area contributed by atoms with Gasteiger partial charge in [0.1, 0.15) is 0 Å². The van der Waals surface area contributed by atoms with Crippen LogP contribution in [0.25, 0.3) is 0 Å². The van der Waals surface area contributed by atoms with Crippen molar-refractivity contribution in [3.63, 3.8) is 0 Å². The van der Waals surface area contributed by atoms with Crippen molar-refractivity contribution < 1.29 is 4.79 Å². The van der Waals surface area contributed by atoms with Gasteiger partial charge in [0.05, 0.1) is 6.17 Å². The van der Waals surface area contributed by atoms with Crippen LogP contribution < -0.4 is 16.2 Å². The number of fused-ring (bicyclic) bond motifs is 1. The average molecular weight is 259 g/mol. The Morgan fingerprint density at radius 2 is 1.95 bits per heavy atom. The van der Waals surface area contributed by atoms with E-state index in [1.165, 1.54) is 11.1 Å². The monoisotopic (exact) mass is 259 g/mol. The van der Waals surface area contributed by atoms with Gasteiger partial charge in [-0.2, -0.15) is 0 Å². The molecule has 1 aromatic carbocycles. The molecule has 0 saturated carbocycles. The van der Waals surface area contributed by atoms with E-state index in [1.807, 2.05) is 0 Å². The minimum absolute atomic E-state index is 0.0482. The molecule has 4 heteroatoms. The minimum atomic E-state index is 0.0482. The van der Waals surface area contributed by atoms with E-state index in [2.05, 4.69) is 54.3 Å². The first-order valence-electron chi connectivity index (χ1n) is 7.08. The summed E-state index contributed by atoms with van der Waals surface area (Å²) < 4.78 is 0. The van der Waals surface area contributed by atoms with Crippen molar-refractivity contribution in [1.82, 2.24) is 16.2 Å². The summed E-state index contributed by atoms with van der Waals surface area (Å²) in [5, 5.41) is 3.02. The van der Waals surface area contributed by atoms with Crippen LogP contribution in [0.4, 0.5) is 0 Å². The summed E-state index contributed by atoms with van der Waals surface area (Å²) in [5.74, 6) is 0.835. The first kappa shape index (κ1) is 12.6. The summed E-state index contributed by atoms with van der Waals surface area (Å²) in [4.78, 5) is 11.8. The first-order valence-corrected chi connectivity index (χ1v) is 7.08. The fourth-order valence-corrected chi connectivity index (χ4v) is 3.32. The molecule has 0 spiro atoms. The smallest absolute Gasteiger partial charge is 0.221 e. The second-order valence-corrected chi connectivity index (χ2v) is 5.61. The summed E-state index contributed by atoms with van der Waals surface area (Å²) in [6.45, 7) is 4.33. The Hall–Kier alpha value is -1.39. The van der Waals surface area contributed by atoms with Gasteiger partial charge < -0.3 is 5.32 Å².